The normalized spacial score (nSPS) is 9.89. The maximum absolute atomic E-state index is 11.5. The Morgan fingerprint density at radius 3 is 2.94 bits per heavy atom. The van der Waals surface area contributed by atoms with E-state index >= 15 is 0 Å². The standard InChI is InChI=1S/C11H16N4O2S/c1-2-13-10(16)7-18-6-9-8(11(17)15-12)4-3-5-14-9/h3-5H,2,6-7,12H2,1H3,(H,13,16)(H,15,17). The Labute approximate surface area is 110 Å². The van der Waals surface area contributed by atoms with Crippen molar-refractivity contribution >= 4 is 23.6 Å². The number of rotatable bonds is 6. The topological polar surface area (TPSA) is 97.1 Å². The van der Waals surface area contributed by atoms with Crippen molar-refractivity contribution in [3.8, 4) is 0 Å². The van der Waals surface area contributed by atoms with Gasteiger partial charge in [-0.05, 0) is 19.1 Å². The van der Waals surface area contributed by atoms with Crippen LogP contribution in [0.15, 0.2) is 18.3 Å². The van der Waals surface area contributed by atoms with Crippen molar-refractivity contribution < 1.29 is 9.59 Å². The lowest BCUT2D eigenvalue weighted by Gasteiger charge is -2.06. The summed E-state index contributed by atoms with van der Waals surface area (Å²) in [7, 11) is 0. The SMILES string of the molecule is CCNC(=O)CSCc1ncccc1C(=O)NN. The average Bonchev–Trinajstić information content (AvgIpc) is 2.39. The number of hydrogen-bond acceptors (Lipinski definition) is 5. The van der Waals surface area contributed by atoms with E-state index in [-0.39, 0.29) is 11.8 Å². The van der Waals surface area contributed by atoms with E-state index < -0.39 is 0 Å². The molecule has 1 aromatic heterocycles. The van der Waals surface area contributed by atoms with Crippen LogP contribution in [0.25, 0.3) is 0 Å². The van der Waals surface area contributed by atoms with Gasteiger partial charge < -0.3 is 5.32 Å². The first-order chi connectivity index (χ1) is 8.69. The van der Waals surface area contributed by atoms with E-state index in [4.69, 9.17) is 5.84 Å². The zero-order chi connectivity index (χ0) is 13.4. The minimum Gasteiger partial charge on any atom is -0.356 e. The van der Waals surface area contributed by atoms with Crippen LogP contribution in [-0.4, -0.2) is 29.1 Å². The van der Waals surface area contributed by atoms with Gasteiger partial charge in [-0.15, -0.1) is 11.8 Å². The zero-order valence-electron chi connectivity index (χ0n) is 10.1. The Morgan fingerprint density at radius 2 is 2.28 bits per heavy atom. The van der Waals surface area contributed by atoms with Crippen LogP contribution in [0.1, 0.15) is 23.0 Å². The van der Waals surface area contributed by atoms with Gasteiger partial charge in [-0.25, -0.2) is 5.84 Å². The Morgan fingerprint density at radius 1 is 1.50 bits per heavy atom. The first kappa shape index (κ1) is 14.5. The summed E-state index contributed by atoms with van der Waals surface area (Å²) in [5.41, 5.74) is 3.13. The number of carbonyl (C=O) groups excluding carboxylic acids is 2. The number of amides is 2. The molecule has 0 saturated heterocycles. The Balaban J connectivity index is 2.57. The fourth-order valence-corrected chi connectivity index (χ4v) is 2.14. The number of nitrogens with zero attached hydrogens (tertiary/aromatic N) is 1. The van der Waals surface area contributed by atoms with Crippen LogP contribution in [0.5, 0.6) is 0 Å². The lowest BCUT2D eigenvalue weighted by molar-refractivity contribution is -0.118. The second kappa shape index (κ2) is 7.67. The molecular formula is C11H16N4O2S. The van der Waals surface area contributed by atoms with E-state index in [1.54, 1.807) is 18.3 Å². The van der Waals surface area contributed by atoms with E-state index in [9.17, 15) is 9.59 Å². The number of thioether (sulfide) groups is 1. The molecule has 0 fully saturated rings. The summed E-state index contributed by atoms with van der Waals surface area (Å²) in [6.45, 7) is 2.48. The second-order valence-corrected chi connectivity index (χ2v) is 4.40. The van der Waals surface area contributed by atoms with Gasteiger partial charge in [0.15, 0.2) is 0 Å². The molecule has 4 N–H and O–H groups in total. The fourth-order valence-electron chi connectivity index (χ4n) is 1.33. The molecule has 0 saturated carbocycles. The summed E-state index contributed by atoms with van der Waals surface area (Å²) in [5, 5.41) is 2.70. The van der Waals surface area contributed by atoms with E-state index in [1.165, 1.54) is 11.8 Å². The van der Waals surface area contributed by atoms with Crippen LogP contribution >= 0.6 is 11.8 Å². The number of nitrogens with one attached hydrogen (secondary N) is 2. The van der Waals surface area contributed by atoms with Gasteiger partial charge in [0.1, 0.15) is 0 Å². The molecule has 1 heterocycles. The van der Waals surface area contributed by atoms with Gasteiger partial charge in [0, 0.05) is 18.5 Å². The summed E-state index contributed by atoms with van der Waals surface area (Å²) in [5.74, 6) is 5.52. The van der Waals surface area contributed by atoms with Gasteiger partial charge in [-0.3, -0.25) is 20.0 Å². The van der Waals surface area contributed by atoms with E-state index in [0.717, 1.165) is 0 Å². The van der Waals surface area contributed by atoms with Crippen LogP contribution in [0, 0.1) is 0 Å². The van der Waals surface area contributed by atoms with E-state index in [2.05, 4.69) is 15.7 Å². The average molecular weight is 268 g/mol. The van der Waals surface area contributed by atoms with Gasteiger partial charge in [-0.1, -0.05) is 0 Å². The highest BCUT2D eigenvalue weighted by molar-refractivity contribution is 7.99. The minimum atomic E-state index is -0.378. The maximum atomic E-state index is 11.5. The van der Waals surface area contributed by atoms with Crippen LogP contribution in [0.2, 0.25) is 0 Å². The van der Waals surface area contributed by atoms with Crippen molar-refractivity contribution in [2.24, 2.45) is 5.84 Å². The zero-order valence-corrected chi connectivity index (χ0v) is 10.9. The summed E-state index contributed by atoms with van der Waals surface area (Å²) < 4.78 is 0. The fraction of sp³-hybridized carbons (Fsp3) is 0.364. The molecule has 98 valence electrons. The highest BCUT2D eigenvalue weighted by atomic mass is 32.2. The highest BCUT2D eigenvalue weighted by Gasteiger charge is 2.11. The quantitative estimate of drug-likeness (QED) is 0.385. The van der Waals surface area contributed by atoms with Crippen LogP contribution in [-0.2, 0) is 10.5 Å². The van der Waals surface area contributed by atoms with E-state index in [1.807, 2.05) is 6.92 Å². The van der Waals surface area contributed by atoms with Gasteiger partial charge in [0.05, 0.1) is 17.0 Å². The molecular weight excluding hydrogens is 252 g/mol. The van der Waals surface area contributed by atoms with Gasteiger partial charge in [0.25, 0.3) is 5.91 Å². The number of carbonyl (C=O) groups is 2. The van der Waals surface area contributed by atoms with Gasteiger partial charge >= 0.3 is 0 Å². The molecule has 0 radical (unpaired) electrons. The number of aromatic nitrogens is 1. The minimum absolute atomic E-state index is 0.0248. The third-order valence-electron chi connectivity index (χ3n) is 2.11. The molecule has 1 aromatic rings. The van der Waals surface area contributed by atoms with Crippen molar-refractivity contribution in [3.05, 3.63) is 29.6 Å². The number of hydrogen-bond donors (Lipinski definition) is 3. The third kappa shape index (κ3) is 4.34. The number of nitrogen functional groups attached to an aromatic ring is 1. The van der Waals surface area contributed by atoms with Crippen molar-refractivity contribution in [3.63, 3.8) is 0 Å². The van der Waals surface area contributed by atoms with Crippen LogP contribution in [0.3, 0.4) is 0 Å². The lowest BCUT2D eigenvalue weighted by atomic mass is 10.2. The first-order valence-electron chi connectivity index (χ1n) is 5.48. The summed E-state index contributed by atoms with van der Waals surface area (Å²) in [4.78, 5) is 26.8. The molecule has 0 unspecified atom stereocenters. The maximum Gasteiger partial charge on any atom is 0.267 e. The predicted molar refractivity (Wildman–Crippen MR) is 70.7 cm³/mol. The summed E-state index contributed by atoms with van der Waals surface area (Å²) >= 11 is 1.40. The lowest BCUT2D eigenvalue weighted by Crippen LogP contribution is -2.31. The van der Waals surface area contributed by atoms with Gasteiger partial charge in [0.2, 0.25) is 5.91 Å². The van der Waals surface area contributed by atoms with Crippen molar-refractivity contribution in [1.29, 1.82) is 0 Å². The number of pyridine rings is 1. The number of nitrogens with two attached hydrogens (primary N) is 1. The molecule has 2 amide bonds. The van der Waals surface area contributed by atoms with Crippen molar-refractivity contribution in [1.82, 2.24) is 15.7 Å². The molecule has 1 rings (SSSR count). The Kier molecular flexibility index (Phi) is 6.16. The van der Waals surface area contributed by atoms with Crippen LogP contribution < -0.4 is 16.6 Å². The highest BCUT2D eigenvalue weighted by Crippen LogP contribution is 2.13. The molecule has 0 bridgehead atoms. The van der Waals surface area contributed by atoms with Crippen molar-refractivity contribution in [2.75, 3.05) is 12.3 Å². The Hall–Kier alpha value is -1.60. The third-order valence-corrected chi connectivity index (χ3v) is 3.06. The van der Waals surface area contributed by atoms with E-state index in [0.29, 0.717) is 29.3 Å². The largest absolute Gasteiger partial charge is 0.356 e. The molecule has 6 nitrogen and oxygen atoms in total. The van der Waals surface area contributed by atoms with Gasteiger partial charge in [-0.2, -0.15) is 0 Å². The molecule has 18 heavy (non-hydrogen) atoms. The molecule has 0 aliphatic rings. The van der Waals surface area contributed by atoms with Crippen molar-refractivity contribution in [2.45, 2.75) is 12.7 Å². The molecule has 0 aliphatic heterocycles. The number of hydrazine groups is 1. The van der Waals surface area contributed by atoms with Crippen LogP contribution in [0.4, 0.5) is 0 Å². The second-order valence-electron chi connectivity index (χ2n) is 3.42. The first-order valence-corrected chi connectivity index (χ1v) is 6.63. The molecule has 0 atom stereocenters. The molecule has 7 heteroatoms. The summed E-state index contributed by atoms with van der Waals surface area (Å²) in [6, 6.07) is 3.32. The molecule has 0 spiro atoms. The monoisotopic (exact) mass is 268 g/mol. The molecule has 0 aliphatic carbocycles. The predicted octanol–water partition coefficient (Wildman–Crippen LogP) is 0.0544. The smallest absolute Gasteiger partial charge is 0.267 e. The summed E-state index contributed by atoms with van der Waals surface area (Å²) in [6.07, 6.45) is 1.61. The molecule has 0 aromatic carbocycles. The Bertz CT molecular complexity index is 425.